The van der Waals surface area contributed by atoms with Crippen molar-refractivity contribution in [3.05, 3.63) is 41.3 Å². The largest absolute Gasteiger partial charge is 0.497 e. The number of methoxy groups -OCH3 is 1. The molecule has 1 atom stereocenters. The quantitative estimate of drug-likeness (QED) is 0.776. The Bertz CT molecular complexity index is 1020. The van der Waals surface area contributed by atoms with Crippen LogP contribution in [0.15, 0.2) is 24.4 Å². The summed E-state index contributed by atoms with van der Waals surface area (Å²) < 4.78 is 5.25. The van der Waals surface area contributed by atoms with Gasteiger partial charge in [0.25, 0.3) is 0 Å². The monoisotopic (exact) mass is 349 g/mol. The molecule has 4 rings (SSSR count). The fourth-order valence-electron chi connectivity index (χ4n) is 3.24. The summed E-state index contributed by atoms with van der Waals surface area (Å²) in [6.07, 6.45) is 2.92. The molecule has 1 N–H and O–H groups in total. The van der Waals surface area contributed by atoms with Gasteiger partial charge in [0.15, 0.2) is 5.78 Å². The lowest BCUT2D eigenvalue weighted by atomic mass is 9.88. The fourth-order valence-corrected chi connectivity index (χ4v) is 3.24. The maximum Gasteiger partial charge on any atom is 0.230 e. The van der Waals surface area contributed by atoms with Crippen molar-refractivity contribution in [1.82, 2.24) is 19.9 Å². The molecule has 1 aliphatic carbocycles. The van der Waals surface area contributed by atoms with E-state index in [0.717, 1.165) is 34.5 Å². The third-order valence-electron chi connectivity index (χ3n) is 4.56. The predicted molar refractivity (Wildman–Crippen MR) is 98.0 cm³/mol. The van der Waals surface area contributed by atoms with Crippen LogP contribution < -0.4 is 10.1 Å². The Labute approximate surface area is 150 Å². The van der Waals surface area contributed by atoms with Gasteiger partial charge in [0, 0.05) is 18.0 Å². The number of aryl methyl sites for hydroxylation is 1. The van der Waals surface area contributed by atoms with Gasteiger partial charge >= 0.3 is 0 Å². The molecule has 0 fully saturated rings. The third-order valence-corrected chi connectivity index (χ3v) is 4.56. The first-order valence-corrected chi connectivity index (χ1v) is 8.52. The molecule has 0 bridgehead atoms. The van der Waals surface area contributed by atoms with E-state index in [1.54, 1.807) is 13.3 Å². The van der Waals surface area contributed by atoms with Crippen LogP contribution in [0.2, 0.25) is 0 Å². The highest BCUT2D eigenvalue weighted by Gasteiger charge is 2.24. The molecule has 0 aliphatic heterocycles. The van der Waals surface area contributed by atoms with Crippen molar-refractivity contribution in [1.29, 1.82) is 0 Å². The number of fused-ring (bicyclic) bond motifs is 2. The molecule has 0 saturated carbocycles. The van der Waals surface area contributed by atoms with Gasteiger partial charge in [-0.25, -0.2) is 19.9 Å². The van der Waals surface area contributed by atoms with E-state index in [1.165, 1.54) is 0 Å². The summed E-state index contributed by atoms with van der Waals surface area (Å²) in [5.41, 5.74) is 3.05. The number of aromatic nitrogens is 4. The SMILES string of the molecule is COc1ccc2nc(Nc3ncc4c(n3)C[C@@H](C)CC4=O)nc(C)c2c1. The number of rotatable bonds is 3. The van der Waals surface area contributed by atoms with E-state index in [4.69, 9.17) is 4.74 Å². The second kappa shape index (κ2) is 6.33. The summed E-state index contributed by atoms with van der Waals surface area (Å²) in [6, 6.07) is 5.67. The minimum Gasteiger partial charge on any atom is -0.497 e. The number of carbonyl (C=O) groups excluding carboxylic acids is 1. The molecule has 1 aromatic carbocycles. The van der Waals surface area contributed by atoms with Gasteiger partial charge in [-0.05, 0) is 37.5 Å². The van der Waals surface area contributed by atoms with E-state index in [2.05, 4.69) is 32.2 Å². The Morgan fingerprint density at radius 3 is 2.81 bits per heavy atom. The number of nitrogens with zero attached hydrogens (tertiary/aromatic N) is 4. The fraction of sp³-hybridized carbons (Fsp3) is 0.316. The van der Waals surface area contributed by atoms with Crippen molar-refractivity contribution in [2.75, 3.05) is 12.4 Å². The molecule has 0 radical (unpaired) electrons. The lowest BCUT2D eigenvalue weighted by Crippen LogP contribution is -2.20. The van der Waals surface area contributed by atoms with Crippen LogP contribution in [0, 0.1) is 12.8 Å². The summed E-state index contributed by atoms with van der Waals surface area (Å²) in [5, 5.41) is 3.99. The Morgan fingerprint density at radius 2 is 2.00 bits per heavy atom. The maximum absolute atomic E-state index is 12.1. The lowest BCUT2D eigenvalue weighted by molar-refractivity contribution is 0.0951. The van der Waals surface area contributed by atoms with Gasteiger partial charge in [-0.3, -0.25) is 10.1 Å². The number of ketones is 1. The predicted octanol–water partition coefficient (Wildman–Crippen LogP) is 3.25. The average Bonchev–Trinajstić information content (AvgIpc) is 2.61. The number of carbonyl (C=O) groups is 1. The highest BCUT2D eigenvalue weighted by molar-refractivity contribution is 5.98. The van der Waals surface area contributed by atoms with Crippen LogP contribution in [0.3, 0.4) is 0 Å². The van der Waals surface area contributed by atoms with Crippen molar-refractivity contribution >= 4 is 28.6 Å². The maximum atomic E-state index is 12.1. The molecule has 0 unspecified atom stereocenters. The summed E-state index contributed by atoms with van der Waals surface area (Å²) in [7, 11) is 1.63. The van der Waals surface area contributed by atoms with Crippen LogP contribution in [0.4, 0.5) is 11.9 Å². The van der Waals surface area contributed by atoms with Gasteiger partial charge in [-0.2, -0.15) is 0 Å². The molecule has 0 spiro atoms. The number of hydrogen-bond acceptors (Lipinski definition) is 7. The normalized spacial score (nSPS) is 16.4. The van der Waals surface area contributed by atoms with Crippen LogP contribution in [0.1, 0.15) is 35.1 Å². The molecular weight excluding hydrogens is 330 g/mol. The molecule has 0 saturated heterocycles. The zero-order valence-electron chi connectivity index (χ0n) is 14.9. The molecular formula is C19H19N5O2. The lowest BCUT2D eigenvalue weighted by Gasteiger charge is -2.19. The second-order valence-corrected chi connectivity index (χ2v) is 6.63. The third kappa shape index (κ3) is 2.96. The van der Waals surface area contributed by atoms with E-state index < -0.39 is 0 Å². The molecule has 1 aliphatic rings. The molecule has 132 valence electrons. The smallest absolute Gasteiger partial charge is 0.230 e. The highest BCUT2D eigenvalue weighted by atomic mass is 16.5. The molecule has 0 amide bonds. The Kier molecular flexibility index (Phi) is 3.99. The topological polar surface area (TPSA) is 89.9 Å². The summed E-state index contributed by atoms with van der Waals surface area (Å²) in [4.78, 5) is 29.8. The highest BCUT2D eigenvalue weighted by Crippen LogP contribution is 2.26. The minimum absolute atomic E-state index is 0.108. The van der Waals surface area contributed by atoms with Crippen LogP contribution in [0.25, 0.3) is 10.9 Å². The molecule has 7 heteroatoms. The van der Waals surface area contributed by atoms with Gasteiger partial charge < -0.3 is 4.74 Å². The van der Waals surface area contributed by atoms with Crippen molar-refractivity contribution in [2.45, 2.75) is 26.7 Å². The Hall–Kier alpha value is -3.09. The summed E-state index contributed by atoms with van der Waals surface area (Å²) in [6.45, 7) is 3.98. The number of anilines is 2. The molecule has 2 aromatic heterocycles. The van der Waals surface area contributed by atoms with Gasteiger partial charge in [0.2, 0.25) is 11.9 Å². The Morgan fingerprint density at radius 1 is 1.15 bits per heavy atom. The van der Waals surface area contributed by atoms with Crippen molar-refractivity contribution < 1.29 is 9.53 Å². The Balaban J connectivity index is 1.67. The number of nitrogens with one attached hydrogen (secondary N) is 1. The molecule has 7 nitrogen and oxygen atoms in total. The van der Waals surface area contributed by atoms with E-state index in [1.807, 2.05) is 25.1 Å². The van der Waals surface area contributed by atoms with Crippen LogP contribution >= 0.6 is 0 Å². The van der Waals surface area contributed by atoms with Crippen molar-refractivity contribution in [2.24, 2.45) is 5.92 Å². The summed E-state index contributed by atoms with van der Waals surface area (Å²) in [5.74, 6) is 2.00. The second-order valence-electron chi connectivity index (χ2n) is 6.63. The number of hydrogen-bond donors (Lipinski definition) is 1. The van der Waals surface area contributed by atoms with Crippen molar-refractivity contribution in [3.63, 3.8) is 0 Å². The van der Waals surface area contributed by atoms with E-state index in [-0.39, 0.29) is 5.78 Å². The average molecular weight is 349 g/mol. The number of ether oxygens (including phenoxy) is 1. The zero-order chi connectivity index (χ0) is 18.3. The van der Waals surface area contributed by atoms with E-state index >= 15 is 0 Å². The number of Topliss-reactive ketones (excluding diaryl/α,β-unsaturated/α-hetero) is 1. The van der Waals surface area contributed by atoms with E-state index in [9.17, 15) is 4.79 Å². The van der Waals surface area contributed by atoms with Gasteiger partial charge in [-0.15, -0.1) is 0 Å². The molecule has 2 heterocycles. The number of benzene rings is 1. The van der Waals surface area contributed by atoms with Crippen LogP contribution in [-0.2, 0) is 6.42 Å². The van der Waals surface area contributed by atoms with Gasteiger partial charge in [0.1, 0.15) is 5.75 Å². The van der Waals surface area contributed by atoms with Crippen LogP contribution in [0.5, 0.6) is 5.75 Å². The van der Waals surface area contributed by atoms with Crippen LogP contribution in [-0.4, -0.2) is 32.8 Å². The first kappa shape index (κ1) is 16.4. The minimum atomic E-state index is 0.108. The molecule has 3 aromatic rings. The standard InChI is InChI=1S/C19H19N5O2/c1-10-6-16-14(17(25)7-10)9-20-18(23-16)24-19-21-11(2)13-8-12(26-3)4-5-15(13)22-19/h4-5,8-10H,6-7H2,1-3H3,(H,20,21,22,23,24)/t10-/m1/s1. The van der Waals surface area contributed by atoms with Crippen molar-refractivity contribution in [3.8, 4) is 5.75 Å². The van der Waals surface area contributed by atoms with E-state index in [0.29, 0.717) is 29.8 Å². The first-order valence-electron chi connectivity index (χ1n) is 8.52. The van der Waals surface area contributed by atoms with Gasteiger partial charge in [-0.1, -0.05) is 6.92 Å². The van der Waals surface area contributed by atoms with Gasteiger partial charge in [0.05, 0.1) is 29.6 Å². The molecule has 26 heavy (non-hydrogen) atoms. The first-order chi connectivity index (χ1) is 12.5. The summed E-state index contributed by atoms with van der Waals surface area (Å²) >= 11 is 0. The zero-order valence-corrected chi connectivity index (χ0v) is 14.9.